The smallest absolute Gasteiger partial charge is 0.120 e. The molecule has 2 aromatic rings. The fraction of sp³-hybridized carbons (Fsp3) is 0.294. The summed E-state index contributed by atoms with van der Waals surface area (Å²) in [5.74, 6) is 1.72. The first-order valence-corrected chi connectivity index (χ1v) is 6.94. The van der Waals surface area contributed by atoms with Gasteiger partial charge < -0.3 is 14.8 Å². The van der Waals surface area contributed by atoms with E-state index in [0.717, 1.165) is 31.0 Å². The molecule has 1 N–H and O–H groups in total. The lowest BCUT2D eigenvalue weighted by Crippen LogP contribution is -2.24. The van der Waals surface area contributed by atoms with Crippen molar-refractivity contribution >= 4 is 0 Å². The van der Waals surface area contributed by atoms with Gasteiger partial charge in [0.15, 0.2) is 0 Å². The number of benzene rings is 2. The van der Waals surface area contributed by atoms with Gasteiger partial charge in [-0.2, -0.15) is 0 Å². The Morgan fingerprint density at radius 2 is 1.85 bits per heavy atom. The van der Waals surface area contributed by atoms with Crippen LogP contribution in [0, 0.1) is 0 Å². The van der Waals surface area contributed by atoms with Crippen LogP contribution in [0.15, 0.2) is 42.5 Å². The zero-order valence-corrected chi connectivity index (χ0v) is 11.7. The van der Waals surface area contributed by atoms with Crippen molar-refractivity contribution in [1.82, 2.24) is 5.32 Å². The van der Waals surface area contributed by atoms with E-state index < -0.39 is 0 Å². The molecule has 0 aliphatic carbocycles. The molecular weight excluding hydrogens is 250 g/mol. The van der Waals surface area contributed by atoms with Crippen molar-refractivity contribution in [3.05, 3.63) is 59.2 Å². The van der Waals surface area contributed by atoms with E-state index in [9.17, 15) is 0 Å². The summed E-state index contributed by atoms with van der Waals surface area (Å²) in [5, 5.41) is 3.40. The van der Waals surface area contributed by atoms with Gasteiger partial charge in [0.05, 0.1) is 7.11 Å². The zero-order valence-electron chi connectivity index (χ0n) is 11.7. The molecule has 0 atom stereocenters. The Morgan fingerprint density at radius 1 is 1.05 bits per heavy atom. The molecular formula is C17H19NO2. The molecule has 0 spiro atoms. The van der Waals surface area contributed by atoms with Gasteiger partial charge in [-0.3, -0.25) is 0 Å². The molecule has 2 aromatic carbocycles. The molecule has 0 radical (unpaired) electrons. The third-order valence-corrected chi connectivity index (χ3v) is 3.69. The highest BCUT2D eigenvalue weighted by molar-refractivity contribution is 5.37. The van der Waals surface area contributed by atoms with E-state index in [4.69, 9.17) is 9.47 Å². The van der Waals surface area contributed by atoms with Crippen LogP contribution in [-0.2, 0) is 19.6 Å². The fourth-order valence-electron chi connectivity index (χ4n) is 2.58. The van der Waals surface area contributed by atoms with Crippen LogP contribution in [0.3, 0.4) is 0 Å². The lowest BCUT2D eigenvalue weighted by molar-refractivity contribution is 0.303. The maximum Gasteiger partial charge on any atom is 0.120 e. The van der Waals surface area contributed by atoms with E-state index in [2.05, 4.69) is 23.5 Å². The van der Waals surface area contributed by atoms with Crippen molar-refractivity contribution in [2.45, 2.75) is 19.6 Å². The van der Waals surface area contributed by atoms with Crippen molar-refractivity contribution in [3.63, 3.8) is 0 Å². The van der Waals surface area contributed by atoms with Crippen molar-refractivity contribution in [3.8, 4) is 11.5 Å². The number of methoxy groups -OCH3 is 1. The van der Waals surface area contributed by atoms with Crippen LogP contribution in [0.4, 0.5) is 0 Å². The largest absolute Gasteiger partial charge is 0.497 e. The third-order valence-electron chi connectivity index (χ3n) is 3.69. The number of hydrogen-bond donors (Lipinski definition) is 1. The van der Waals surface area contributed by atoms with Gasteiger partial charge in [-0.25, -0.2) is 0 Å². The fourth-order valence-corrected chi connectivity index (χ4v) is 2.58. The first kappa shape index (κ1) is 13.0. The molecule has 3 rings (SSSR count). The summed E-state index contributed by atoms with van der Waals surface area (Å²) in [4.78, 5) is 0. The Bertz CT molecular complexity index is 578. The van der Waals surface area contributed by atoms with E-state index in [-0.39, 0.29) is 0 Å². The molecule has 1 aliphatic rings. The van der Waals surface area contributed by atoms with Crippen LogP contribution in [-0.4, -0.2) is 13.7 Å². The molecule has 0 bridgehead atoms. The minimum absolute atomic E-state index is 0.621. The van der Waals surface area contributed by atoms with Crippen molar-refractivity contribution in [1.29, 1.82) is 0 Å². The second-order valence-electron chi connectivity index (χ2n) is 4.95. The van der Waals surface area contributed by atoms with Crippen LogP contribution in [0.5, 0.6) is 11.5 Å². The molecule has 0 saturated heterocycles. The van der Waals surface area contributed by atoms with E-state index in [1.807, 2.05) is 24.3 Å². The predicted molar refractivity (Wildman–Crippen MR) is 79.2 cm³/mol. The van der Waals surface area contributed by atoms with Gasteiger partial charge in [-0.1, -0.05) is 18.2 Å². The van der Waals surface area contributed by atoms with E-state index >= 15 is 0 Å². The molecule has 1 heterocycles. The van der Waals surface area contributed by atoms with Gasteiger partial charge in [0.2, 0.25) is 0 Å². The highest BCUT2D eigenvalue weighted by atomic mass is 16.5. The number of rotatable bonds is 4. The Morgan fingerprint density at radius 3 is 2.65 bits per heavy atom. The van der Waals surface area contributed by atoms with Crippen LogP contribution in [0.2, 0.25) is 0 Å². The van der Waals surface area contributed by atoms with Crippen LogP contribution in [0.1, 0.15) is 16.7 Å². The third kappa shape index (κ3) is 2.78. The molecule has 1 aliphatic heterocycles. The number of hydrogen-bond acceptors (Lipinski definition) is 3. The number of ether oxygens (including phenoxy) is 2. The zero-order chi connectivity index (χ0) is 13.8. The Labute approximate surface area is 119 Å². The molecule has 0 saturated carbocycles. The van der Waals surface area contributed by atoms with Crippen molar-refractivity contribution in [2.24, 2.45) is 0 Å². The second kappa shape index (κ2) is 5.97. The lowest BCUT2D eigenvalue weighted by Gasteiger charge is -2.20. The predicted octanol–water partition coefficient (Wildman–Crippen LogP) is 2.92. The van der Waals surface area contributed by atoms with Gasteiger partial charge in [-0.05, 0) is 53.9 Å². The van der Waals surface area contributed by atoms with Crippen LogP contribution >= 0.6 is 0 Å². The lowest BCUT2D eigenvalue weighted by atomic mass is 9.96. The van der Waals surface area contributed by atoms with Gasteiger partial charge in [-0.15, -0.1) is 0 Å². The standard InChI is InChI=1S/C17H19NO2/c1-19-15-5-7-16(8-6-15)20-12-14-4-2-3-13-11-18-10-9-17(13)14/h2-8,18H,9-12H2,1H3. The molecule has 3 nitrogen and oxygen atoms in total. The Kier molecular flexibility index (Phi) is 3.88. The first-order chi connectivity index (χ1) is 9.86. The molecule has 0 aromatic heterocycles. The summed E-state index contributed by atoms with van der Waals surface area (Å²) in [5.41, 5.74) is 4.13. The maximum atomic E-state index is 5.88. The maximum absolute atomic E-state index is 5.88. The van der Waals surface area contributed by atoms with Gasteiger partial charge in [0.25, 0.3) is 0 Å². The van der Waals surface area contributed by atoms with E-state index in [1.54, 1.807) is 7.11 Å². The summed E-state index contributed by atoms with van der Waals surface area (Å²) >= 11 is 0. The molecule has 0 fully saturated rings. The summed E-state index contributed by atoms with van der Waals surface area (Å²) in [7, 11) is 1.67. The Hall–Kier alpha value is -2.00. The highest BCUT2D eigenvalue weighted by Crippen LogP contribution is 2.22. The van der Waals surface area contributed by atoms with E-state index in [1.165, 1.54) is 16.7 Å². The molecule has 104 valence electrons. The average Bonchev–Trinajstić information content (AvgIpc) is 2.53. The summed E-state index contributed by atoms with van der Waals surface area (Å²) < 4.78 is 11.0. The minimum atomic E-state index is 0.621. The topological polar surface area (TPSA) is 30.5 Å². The second-order valence-corrected chi connectivity index (χ2v) is 4.95. The van der Waals surface area contributed by atoms with E-state index in [0.29, 0.717) is 6.61 Å². The quantitative estimate of drug-likeness (QED) is 0.925. The number of fused-ring (bicyclic) bond motifs is 1. The molecule has 0 amide bonds. The van der Waals surface area contributed by atoms with Crippen LogP contribution in [0.25, 0.3) is 0 Å². The summed E-state index contributed by atoms with van der Waals surface area (Å²) in [6.07, 6.45) is 1.08. The monoisotopic (exact) mass is 269 g/mol. The normalized spacial score (nSPS) is 13.7. The molecule has 0 unspecified atom stereocenters. The average molecular weight is 269 g/mol. The molecule has 20 heavy (non-hydrogen) atoms. The van der Waals surface area contributed by atoms with Crippen molar-refractivity contribution in [2.75, 3.05) is 13.7 Å². The molecule has 3 heteroatoms. The van der Waals surface area contributed by atoms with Crippen molar-refractivity contribution < 1.29 is 9.47 Å². The summed E-state index contributed by atoms with van der Waals surface area (Å²) in [6.45, 7) is 2.63. The Balaban J connectivity index is 1.71. The minimum Gasteiger partial charge on any atom is -0.497 e. The SMILES string of the molecule is COc1ccc(OCc2cccc3c2CCNC3)cc1. The number of nitrogens with one attached hydrogen (secondary N) is 1. The highest BCUT2D eigenvalue weighted by Gasteiger charge is 2.12. The van der Waals surface area contributed by atoms with Crippen LogP contribution < -0.4 is 14.8 Å². The summed E-state index contributed by atoms with van der Waals surface area (Å²) in [6, 6.07) is 14.2. The van der Waals surface area contributed by atoms with Gasteiger partial charge in [0, 0.05) is 6.54 Å². The van der Waals surface area contributed by atoms with Gasteiger partial charge in [0.1, 0.15) is 18.1 Å². The van der Waals surface area contributed by atoms with Gasteiger partial charge >= 0.3 is 0 Å². The first-order valence-electron chi connectivity index (χ1n) is 6.94.